The van der Waals surface area contributed by atoms with E-state index in [-0.39, 0.29) is 6.10 Å². The van der Waals surface area contributed by atoms with E-state index in [0.29, 0.717) is 4.99 Å². The number of rotatable bonds is 3. The molecule has 2 N–H and O–H groups in total. The lowest BCUT2D eigenvalue weighted by Crippen LogP contribution is -2.26. The van der Waals surface area contributed by atoms with Gasteiger partial charge in [0.25, 0.3) is 0 Å². The molecular formula is C13H21N3OS. The Morgan fingerprint density at radius 3 is 2.83 bits per heavy atom. The van der Waals surface area contributed by atoms with Gasteiger partial charge in [-0.15, -0.1) is 0 Å². The molecule has 0 aromatic carbocycles. The first kappa shape index (κ1) is 13.3. The van der Waals surface area contributed by atoms with Gasteiger partial charge >= 0.3 is 0 Å². The van der Waals surface area contributed by atoms with E-state index in [1.54, 1.807) is 4.68 Å². The van der Waals surface area contributed by atoms with Crippen molar-refractivity contribution in [2.75, 3.05) is 0 Å². The Labute approximate surface area is 113 Å². The molecule has 1 saturated carbocycles. The molecule has 0 saturated heterocycles. The van der Waals surface area contributed by atoms with Crippen molar-refractivity contribution in [3.8, 4) is 5.88 Å². The molecule has 0 bridgehead atoms. The molecule has 2 atom stereocenters. The first-order valence-electron chi connectivity index (χ1n) is 6.49. The summed E-state index contributed by atoms with van der Waals surface area (Å²) in [6.45, 7) is 4.18. The largest absolute Gasteiger partial charge is 0.474 e. The highest BCUT2D eigenvalue weighted by atomic mass is 32.1. The molecule has 100 valence electrons. The lowest BCUT2D eigenvalue weighted by molar-refractivity contribution is 0.118. The molecule has 1 aromatic rings. The summed E-state index contributed by atoms with van der Waals surface area (Å²) in [5.74, 6) is 1.45. The second-order valence-corrected chi connectivity index (χ2v) is 5.70. The summed E-state index contributed by atoms with van der Waals surface area (Å²) in [6, 6.07) is 0. The van der Waals surface area contributed by atoms with E-state index in [0.717, 1.165) is 35.9 Å². The molecule has 0 aliphatic heterocycles. The SMILES string of the molecule is Cc1nn(C)c(OC2CCCC(C)C2)c1C(N)=S. The number of nitrogens with two attached hydrogens (primary N) is 1. The molecule has 5 heteroatoms. The van der Waals surface area contributed by atoms with Crippen molar-refractivity contribution in [3.63, 3.8) is 0 Å². The summed E-state index contributed by atoms with van der Waals surface area (Å²) in [6.07, 6.45) is 4.99. The van der Waals surface area contributed by atoms with Gasteiger partial charge in [0.15, 0.2) is 0 Å². The molecule has 1 heterocycles. The topological polar surface area (TPSA) is 53.1 Å². The predicted octanol–water partition coefficient (Wildman–Crippen LogP) is 2.32. The third kappa shape index (κ3) is 2.66. The highest BCUT2D eigenvalue weighted by Gasteiger charge is 2.24. The molecule has 0 spiro atoms. The van der Waals surface area contributed by atoms with E-state index in [1.165, 1.54) is 12.8 Å². The van der Waals surface area contributed by atoms with Crippen LogP contribution in [-0.2, 0) is 7.05 Å². The van der Waals surface area contributed by atoms with Gasteiger partial charge < -0.3 is 10.5 Å². The van der Waals surface area contributed by atoms with E-state index in [2.05, 4.69) is 12.0 Å². The molecule has 2 rings (SSSR count). The third-order valence-electron chi connectivity index (χ3n) is 3.58. The van der Waals surface area contributed by atoms with Gasteiger partial charge in [0.1, 0.15) is 11.1 Å². The van der Waals surface area contributed by atoms with Gasteiger partial charge in [-0.05, 0) is 32.1 Å². The average Bonchev–Trinajstić information content (AvgIpc) is 2.53. The van der Waals surface area contributed by atoms with Gasteiger partial charge in [0, 0.05) is 7.05 Å². The van der Waals surface area contributed by atoms with Crippen molar-refractivity contribution in [3.05, 3.63) is 11.3 Å². The van der Waals surface area contributed by atoms with Crippen LogP contribution in [0.3, 0.4) is 0 Å². The van der Waals surface area contributed by atoms with E-state index in [4.69, 9.17) is 22.7 Å². The molecule has 2 unspecified atom stereocenters. The second-order valence-electron chi connectivity index (χ2n) is 5.27. The van der Waals surface area contributed by atoms with Gasteiger partial charge in [-0.1, -0.05) is 25.6 Å². The lowest BCUT2D eigenvalue weighted by atomic mass is 9.89. The predicted molar refractivity (Wildman–Crippen MR) is 75.9 cm³/mol. The maximum Gasteiger partial charge on any atom is 0.222 e. The quantitative estimate of drug-likeness (QED) is 0.854. The van der Waals surface area contributed by atoms with Crippen molar-refractivity contribution in [2.45, 2.75) is 45.6 Å². The summed E-state index contributed by atoms with van der Waals surface area (Å²) in [4.78, 5) is 0.361. The Balaban J connectivity index is 2.20. The van der Waals surface area contributed by atoms with Gasteiger partial charge in [0.05, 0.1) is 11.3 Å². The van der Waals surface area contributed by atoms with Crippen LogP contribution in [0.4, 0.5) is 0 Å². The van der Waals surface area contributed by atoms with E-state index >= 15 is 0 Å². The molecule has 1 fully saturated rings. The van der Waals surface area contributed by atoms with Crippen LogP contribution < -0.4 is 10.5 Å². The molecule has 18 heavy (non-hydrogen) atoms. The molecule has 1 aliphatic rings. The van der Waals surface area contributed by atoms with E-state index in [1.807, 2.05) is 14.0 Å². The normalized spacial score (nSPS) is 23.9. The summed E-state index contributed by atoms with van der Waals surface area (Å²) < 4.78 is 7.84. The number of hydrogen-bond acceptors (Lipinski definition) is 3. The first-order chi connectivity index (χ1) is 8.49. The number of aromatic nitrogens is 2. The zero-order valence-electron chi connectivity index (χ0n) is 11.3. The average molecular weight is 267 g/mol. The highest BCUT2D eigenvalue weighted by Crippen LogP contribution is 2.29. The van der Waals surface area contributed by atoms with Crippen molar-refractivity contribution in [2.24, 2.45) is 18.7 Å². The monoisotopic (exact) mass is 267 g/mol. The highest BCUT2D eigenvalue weighted by molar-refractivity contribution is 7.80. The summed E-state index contributed by atoms with van der Waals surface area (Å²) in [7, 11) is 1.87. The van der Waals surface area contributed by atoms with Crippen LogP contribution in [0.5, 0.6) is 5.88 Å². The van der Waals surface area contributed by atoms with Crippen LogP contribution in [0, 0.1) is 12.8 Å². The van der Waals surface area contributed by atoms with Gasteiger partial charge in [-0.3, -0.25) is 0 Å². The number of hydrogen-bond donors (Lipinski definition) is 1. The van der Waals surface area contributed by atoms with Crippen LogP contribution in [0.15, 0.2) is 0 Å². The minimum atomic E-state index is 0.261. The third-order valence-corrected chi connectivity index (χ3v) is 3.79. The van der Waals surface area contributed by atoms with Crippen LogP contribution in [0.1, 0.15) is 43.9 Å². The fraction of sp³-hybridized carbons (Fsp3) is 0.692. The van der Waals surface area contributed by atoms with Crippen molar-refractivity contribution in [1.29, 1.82) is 0 Å². The number of aryl methyl sites for hydroxylation is 2. The summed E-state index contributed by atoms with van der Waals surface area (Å²) in [5, 5.41) is 4.34. The molecule has 4 nitrogen and oxygen atoms in total. The fourth-order valence-corrected chi connectivity index (χ4v) is 2.93. The van der Waals surface area contributed by atoms with Crippen LogP contribution >= 0.6 is 12.2 Å². The van der Waals surface area contributed by atoms with Gasteiger partial charge in [-0.2, -0.15) is 5.10 Å². The molecule has 1 aromatic heterocycles. The standard InChI is InChI=1S/C13H21N3OS/c1-8-5-4-6-10(7-8)17-13-11(12(14)18)9(2)15-16(13)3/h8,10H,4-7H2,1-3H3,(H2,14,18). The molecule has 1 aliphatic carbocycles. The van der Waals surface area contributed by atoms with Gasteiger partial charge in [-0.25, -0.2) is 4.68 Å². The lowest BCUT2D eigenvalue weighted by Gasteiger charge is -2.27. The van der Waals surface area contributed by atoms with Gasteiger partial charge in [0.2, 0.25) is 5.88 Å². The number of nitrogens with zero attached hydrogens (tertiary/aromatic N) is 2. The Kier molecular flexibility index (Phi) is 3.90. The summed E-state index contributed by atoms with van der Waals surface area (Å²) >= 11 is 5.09. The van der Waals surface area contributed by atoms with Crippen LogP contribution in [0.2, 0.25) is 0 Å². The van der Waals surface area contributed by atoms with Crippen molar-refractivity contribution >= 4 is 17.2 Å². The molecular weight excluding hydrogens is 246 g/mol. The Hall–Kier alpha value is -1.10. The maximum absolute atomic E-state index is 6.10. The van der Waals surface area contributed by atoms with E-state index in [9.17, 15) is 0 Å². The number of thiocarbonyl (C=S) groups is 1. The number of ether oxygens (including phenoxy) is 1. The maximum atomic E-state index is 6.10. The van der Waals surface area contributed by atoms with Crippen LogP contribution in [0.25, 0.3) is 0 Å². The Morgan fingerprint density at radius 1 is 1.50 bits per heavy atom. The minimum absolute atomic E-state index is 0.261. The second kappa shape index (κ2) is 5.26. The van der Waals surface area contributed by atoms with Crippen molar-refractivity contribution < 1.29 is 4.74 Å². The first-order valence-corrected chi connectivity index (χ1v) is 6.90. The molecule has 0 amide bonds. The minimum Gasteiger partial charge on any atom is -0.474 e. The van der Waals surface area contributed by atoms with Crippen molar-refractivity contribution in [1.82, 2.24) is 9.78 Å². The zero-order valence-corrected chi connectivity index (χ0v) is 12.1. The zero-order chi connectivity index (χ0) is 13.3. The Bertz CT molecular complexity index is 455. The smallest absolute Gasteiger partial charge is 0.222 e. The van der Waals surface area contributed by atoms with E-state index < -0.39 is 0 Å². The molecule has 0 radical (unpaired) electrons. The summed E-state index contributed by atoms with van der Waals surface area (Å²) in [5.41, 5.74) is 7.38. The Morgan fingerprint density at radius 2 is 2.22 bits per heavy atom. The van der Waals surface area contributed by atoms with Crippen LogP contribution in [-0.4, -0.2) is 20.9 Å². The fourth-order valence-electron chi connectivity index (χ4n) is 2.70.